The van der Waals surface area contributed by atoms with Crippen molar-refractivity contribution in [1.29, 1.82) is 0 Å². The number of hydrogen-bond donors (Lipinski definition) is 1. The summed E-state index contributed by atoms with van der Waals surface area (Å²) in [5.74, 6) is 0.355. The van der Waals surface area contributed by atoms with Crippen molar-refractivity contribution < 1.29 is 8.81 Å². The van der Waals surface area contributed by atoms with Crippen molar-refractivity contribution in [3.63, 3.8) is 0 Å². The minimum atomic E-state index is -0.427. The van der Waals surface area contributed by atoms with E-state index in [0.29, 0.717) is 17.0 Å². The van der Waals surface area contributed by atoms with Crippen LogP contribution in [0.2, 0.25) is 5.02 Å². The first-order valence-electron chi connectivity index (χ1n) is 4.89. The van der Waals surface area contributed by atoms with Gasteiger partial charge in [0.2, 0.25) is 0 Å². The Morgan fingerprint density at radius 1 is 1.38 bits per heavy atom. The van der Waals surface area contributed by atoms with Crippen LogP contribution in [-0.4, -0.2) is 0 Å². The molecule has 0 radical (unpaired) electrons. The molecule has 1 aromatic carbocycles. The van der Waals surface area contributed by atoms with Crippen molar-refractivity contribution in [2.24, 2.45) is 5.73 Å². The van der Waals surface area contributed by atoms with Crippen molar-refractivity contribution in [3.8, 4) is 0 Å². The molecule has 0 saturated heterocycles. The fourth-order valence-electron chi connectivity index (χ4n) is 1.56. The lowest BCUT2D eigenvalue weighted by Crippen LogP contribution is -2.14. The summed E-state index contributed by atoms with van der Waals surface area (Å²) in [6.45, 7) is 0. The molecule has 2 N–H and O–H groups in total. The number of furan rings is 1. The highest BCUT2D eigenvalue weighted by Crippen LogP contribution is 2.22. The fraction of sp³-hybridized carbons (Fsp3) is 0.167. The first-order chi connectivity index (χ1) is 7.66. The maximum Gasteiger partial charge on any atom is 0.129 e. The molecule has 0 aliphatic heterocycles. The van der Waals surface area contributed by atoms with Crippen LogP contribution in [0.5, 0.6) is 0 Å². The lowest BCUT2D eigenvalue weighted by Gasteiger charge is -2.11. The molecule has 2 rings (SSSR count). The largest absolute Gasteiger partial charge is 0.469 e. The standard InChI is InChI=1S/C12H11ClFNO/c13-8-3-4-10(11(14)6-8)12(15)7-9-2-1-5-16-9/h1-6,12H,7,15H2. The lowest BCUT2D eigenvalue weighted by molar-refractivity contribution is 0.481. The third-order valence-corrected chi connectivity index (χ3v) is 2.60. The molecule has 1 atom stereocenters. The number of benzene rings is 1. The van der Waals surface area contributed by atoms with Gasteiger partial charge in [-0.2, -0.15) is 0 Å². The minimum absolute atomic E-state index is 0.367. The van der Waals surface area contributed by atoms with Gasteiger partial charge >= 0.3 is 0 Å². The van der Waals surface area contributed by atoms with Gasteiger partial charge in [-0.05, 0) is 24.3 Å². The van der Waals surface area contributed by atoms with Crippen LogP contribution in [0.3, 0.4) is 0 Å². The Kier molecular flexibility index (Phi) is 3.27. The first-order valence-corrected chi connectivity index (χ1v) is 5.27. The second-order valence-electron chi connectivity index (χ2n) is 3.56. The highest BCUT2D eigenvalue weighted by atomic mass is 35.5. The van der Waals surface area contributed by atoms with Gasteiger partial charge in [0, 0.05) is 23.0 Å². The Morgan fingerprint density at radius 2 is 2.19 bits per heavy atom. The van der Waals surface area contributed by atoms with Crippen molar-refractivity contribution in [1.82, 2.24) is 0 Å². The zero-order chi connectivity index (χ0) is 11.5. The second kappa shape index (κ2) is 4.68. The lowest BCUT2D eigenvalue weighted by atomic mass is 10.0. The van der Waals surface area contributed by atoms with Gasteiger partial charge in [0.15, 0.2) is 0 Å². The summed E-state index contributed by atoms with van der Waals surface area (Å²) in [5.41, 5.74) is 6.34. The first kappa shape index (κ1) is 11.2. The quantitative estimate of drug-likeness (QED) is 0.893. The highest BCUT2D eigenvalue weighted by Gasteiger charge is 2.13. The molecule has 84 valence electrons. The average molecular weight is 240 g/mol. The molecule has 1 aromatic heterocycles. The molecule has 1 heterocycles. The molecule has 2 aromatic rings. The van der Waals surface area contributed by atoms with Crippen LogP contribution in [-0.2, 0) is 6.42 Å². The van der Waals surface area contributed by atoms with Gasteiger partial charge in [0.25, 0.3) is 0 Å². The number of nitrogens with two attached hydrogens (primary N) is 1. The average Bonchev–Trinajstić information content (AvgIpc) is 2.70. The summed E-state index contributed by atoms with van der Waals surface area (Å²) in [7, 11) is 0. The molecular formula is C12H11ClFNO. The monoisotopic (exact) mass is 239 g/mol. The third kappa shape index (κ3) is 2.43. The van der Waals surface area contributed by atoms with Crippen LogP contribution >= 0.6 is 11.6 Å². The SMILES string of the molecule is NC(Cc1ccco1)c1ccc(Cl)cc1F. The predicted octanol–water partition coefficient (Wildman–Crippen LogP) is 3.31. The Morgan fingerprint density at radius 3 is 2.81 bits per heavy atom. The van der Waals surface area contributed by atoms with Gasteiger partial charge in [0.1, 0.15) is 11.6 Å². The van der Waals surface area contributed by atoms with Gasteiger partial charge in [-0.15, -0.1) is 0 Å². The summed E-state index contributed by atoms with van der Waals surface area (Å²) in [4.78, 5) is 0. The normalized spacial score (nSPS) is 12.7. The topological polar surface area (TPSA) is 39.2 Å². The molecule has 0 saturated carbocycles. The van der Waals surface area contributed by atoms with Crippen molar-refractivity contribution in [2.45, 2.75) is 12.5 Å². The molecule has 0 aliphatic rings. The molecule has 0 spiro atoms. The number of halogens is 2. The van der Waals surface area contributed by atoms with Crippen LogP contribution < -0.4 is 5.73 Å². The molecule has 0 aliphatic carbocycles. The zero-order valence-electron chi connectivity index (χ0n) is 8.49. The molecule has 1 unspecified atom stereocenters. The van der Waals surface area contributed by atoms with Crippen LogP contribution in [0.4, 0.5) is 4.39 Å². The van der Waals surface area contributed by atoms with Crippen molar-refractivity contribution >= 4 is 11.6 Å². The summed E-state index contributed by atoms with van der Waals surface area (Å²) >= 11 is 5.67. The summed E-state index contributed by atoms with van der Waals surface area (Å²) in [6, 6.07) is 7.66. The van der Waals surface area contributed by atoms with E-state index < -0.39 is 6.04 Å². The predicted molar refractivity (Wildman–Crippen MR) is 60.8 cm³/mol. The van der Waals surface area contributed by atoms with E-state index in [1.165, 1.54) is 6.07 Å². The van der Waals surface area contributed by atoms with Crippen molar-refractivity contribution in [2.75, 3.05) is 0 Å². The highest BCUT2D eigenvalue weighted by molar-refractivity contribution is 6.30. The fourth-order valence-corrected chi connectivity index (χ4v) is 1.72. The molecule has 0 amide bonds. The maximum absolute atomic E-state index is 13.5. The van der Waals surface area contributed by atoms with Gasteiger partial charge in [0.05, 0.1) is 6.26 Å². The van der Waals surface area contributed by atoms with Crippen LogP contribution in [0.15, 0.2) is 41.0 Å². The van der Waals surface area contributed by atoms with E-state index in [1.807, 2.05) is 6.07 Å². The van der Waals surface area contributed by atoms with E-state index in [-0.39, 0.29) is 5.82 Å². The second-order valence-corrected chi connectivity index (χ2v) is 3.99. The van der Waals surface area contributed by atoms with Gasteiger partial charge in [-0.1, -0.05) is 17.7 Å². The Hall–Kier alpha value is -1.32. The van der Waals surface area contributed by atoms with Crippen LogP contribution in [0, 0.1) is 5.82 Å². The summed E-state index contributed by atoms with van der Waals surface area (Å²) in [5, 5.41) is 0.367. The summed E-state index contributed by atoms with van der Waals surface area (Å²) < 4.78 is 18.7. The van der Waals surface area contributed by atoms with Crippen LogP contribution in [0.25, 0.3) is 0 Å². The molecule has 2 nitrogen and oxygen atoms in total. The number of hydrogen-bond acceptors (Lipinski definition) is 2. The van der Waals surface area contributed by atoms with Gasteiger partial charge < -0.3 is 10.2 Å². The smallest absolute Gasteiger partial charge is 0.129 e. The number of rotatable bonds is 3. The molecule has 0 fully saturated rings. The Labute approximate surface area is 97.8 Å². The minimum Gasteiger partial charge on any atom is -0.469 e. The molecule has 4 heteroatoms. The molecule has 16 heavy (non-hydrogen) atoms. The summed E-state index contributed by atoms with van der Waals surface area (Å²) in [6.07, 6.45) is 2.03. The van der Waals surface area contributed by atoms with Gasteiger partial charge in [-0.3, -0.25) is 0 Å². The third-order valence-electron chi connectivity index (χ3n) is 2.36. The van der Waals surface area contributed by atoms with Crippen molar-refractivity contribution in [3.05, 3.63) is 58.8 Å². The Bertz CT molecular complexity index is 470. The van der Waals surface area contributed by atoms with E-state index in [0.717, 1.165) is 5.76 Å². The zero-order valence-corrected chi connectivity index (χ0v) is 9.25. The molecular weight excluding hydrogens is 229 g/mol. The molecule has 0 bridgehead atoms. The van der Waals surface area contributed by atoms with E-state index in [2.05, 4.69) is 0 Å². The van der Waals surface area contributed by atoms with E-state index in [1.54, 1.807) is 24.5 Å². The van der Waals surface area contributed by atoms with E-state index in [4.69, 9.17) is 21.8 Å². The van der Waals surface area contributed by atoms with E-state index in [9.17, 15) is 4.39 Å². The maximum atomic E-state index is 13.5. The van der Waals surface area contributed by atoms with E-state index >= 15 is 0 Å². The van der Waals surface area contributed by atoms with Crippen LogP contribution in [0.1, 0.15) is 17.4 Å². The Balaban J connectivity index is 2.17. The van der Waals surface area contributed by atoms with Gasteiger partial charge in [-0.25, -0.2) is 4.39 Å².